The molecule has 3 rings (SSSR count). The number of para-hydroxylation sites is 1. The zero-order chi connectivity index (χ0) is 15.7. The Kier molecular flexibility index (Phi) is 4.13. The summed E-state index contributed by atoms with van der Waals surface area (Å²) in [6.07, 6.45) is 4.15. The molecule has 0 spiro atoms. The molecule has 4 heteroatoms. The summed E-state index contributed by atoms with van der Waals surface area (Å²) in [4.78, 5) is 14.3. The zero-order valence-corrected chi connectivity index (χ0v) is 13.8. The second-order valence-electron chi connectivity index (χ2n) is 7.30. The van der Waals surface area contributed by atoms with Crippen molar-refractivity contribution in [2.45, 2.75) is 58.1 Å². The van der Waals surface area contributed by atoms with Crippen LogP contribution in [0.25, 0.3) is 0 Å². The van der Waals surface area contributed by atoms with Crippen molar-refractivity contribution in [3.63, 3.8) is 0 Å². The average Bonchev–Trinajstić information content (AvgIpc) is 3.05. The van der Waals surface area contributed by atoms with E-state index in [2.05, 4.69) is 23.5 Å². The number of hydrogen-bond acceptors (Lipinski definition) is 3. The van der Waals surface area contributed by atoms with Gasteiger partial charge in [0.05, 0.1) is 5.69 Å². The Hall–Kier alpha value is -1.55. The lowest BCUT2D eigenvalue weighted by Gasteiger charge is -2.26. The number of benzene rings is 1. The zero-order valence-electron chi connectivity index (χ0n) is 13.8. The van der Waals surface area contributed by atoms with E-state index in [0.29, 0.717) is 6.04 Å². The number of nitrogens with one attached hydrogen (secondary N) is 1. The van der Waals surface area contributed by atoms with Crippen molar-refractivity contribution in [3.05, 3.63) is 29.3 Å². The topological polar surface area (TPSA) is 41.6 Å². The highest BCUT2D eigenvalue weighted by Crippen LogP contribution is 2.34. The van der Waals surface area contributed by atoms with Crippen LogP contribution in [0, 0.1) is 0 Å². The maximum absolute atomic E-state index is 12.5. The maximum Gasteiger partial charge on any atom is 0.414 e. The monoisotopic (exact) mass is 302 g/mol. The van der Waals surface area contributed by atoms with Crippen LogP contribution in [0.1, 0.15) is 44.7 Å². The molecule has 2 heterocycles. The highest BCUT2D eigenvalue weighted by Gasteiger charge is 2.31. The number of nitrogens with zero attached hydrogens (tertiary/aromatic N) is 1. The van der Waals surface area contributed by atoms with E-state index in [1.165, 1.54) is 24.0 Å². The van der Waals surface area contributed by atoms with Crippen molar-refractivity contribution < 1.29 is 9.53 Å². The van der Waals surface area contributed by atoms with Gasteiger partial charge in [-0.25, -0.2) is 4.79 Å². The second-order valence-corrected chi connectivity index (χ2v) is 7.30. The molecule has 1 unspecified atom stereocenters. The summed E-state index contributed by atoms with van der Waals surface area (Å²) in [5.41, 5.74) is 3.16. The van der Waals surface area contributed by atoms with Crippen LogP contribution in [0.3, 0.4) is 0 Å². The van der Waals surface area contributed by atoms with Gasteiger partial charge in [0.25, 0.3) is 0 Å². The van der Waals surface area contributed by atoms with E-state index < -0.39 is 5.60 Å². The van der Waals surface area contributed by atoms with Crippen molar-refractivity contribution in [2.75, 3.05) is 18.0 Å². The van der Waals surface area contributed by atoms with E-state index in [9.17, 15) is 4.79 Å². The van der Waals surface area contributed by atoms with E-state index in [1.54, 1.807) is 0 Å². The summed E-state index contributed by atoms with van der Waals surface area (Å²) in [6, 6.07) is 6.93. The molecule has 0 aromatic heterocycles. The molecule has 0 bridgehead atoms. The minimum Gasteiger partial charge on any atom is -0.443 e. The van der Waals surface area contributed by atoms with E-state index in [4.69, 9.17) is 4.74 Å². The number of fused-ring (bicyclic) bond motifs is 1. The number of rotatable bonds is 2. The summed E-state index contributed by atoms with van der Waals surface area (Å²) in [7, 11) is 0. The molecular weight excluding hydrogens is 276 g/mol. The van der Waals surface area contributed by atoms with Crippen LogP contribution in [0.2, 0.25) is 0 Å². The third kappa shape index (κ3) is 3.27. The normalized spacial score (nSPS) is 21.0. The van der Waals surface area contributed by atoms with Gasteiger partial charge in [-0.1, -0.05) is 18.2 Å². The molecule has 1 saturated heterocycles. The van der Waals surface area contributed by atoms with E-state index in [1.807, 2.05) is 25.7 Å². The Labute approximate surface area is 132 Å². The van der Waals surface area contributed by atoms with Crippen LogP contribution < -0.4 is 10.2 Å². The van der Waals surface area contributed by atoms with Crippen LogP contribution in [0.5, 0.6) is 0 Å². The number of carbonyl (C=O) groups is 1. The van der Waals surface area contributed by atoms with E-state index in [-0.39, 0.29) is 6.09 Å². The third-order valence-corrected chi connectivity index (χ3v) is 4.32. The SMILES string of the molecule is CC(C)(C)OC(=O)N1CCc2cccc(CC3CCCN3)c21. The lowest BCUT2D eigenvalue weighted by atomic mass is 10.00. The number of anilines is 1. The summed E-state index contributed by atoms with van der Waals surface area (Å²) < 4.78 is 5.57. The van der Waals surface area contributed by atoms with Crippen LogP contribution in [0.4, 0.5) is 10.5 Å². The maximum atomic E-state index is 12.5. The molecule has 1 N–H and O–H groups in total. The summed E-state index contributed by atoms with van der Waals surface area (Å²) in [6.45, 7) is 7.57. The summed E-state index contributed by atoms with van der Waals surface area (Å²) in [5.74, 6) is 0. The van der Waals surface area contributed by atoms with E-state index in [0.717, 1.165) is 31.6 Å². The van der Waals surface area contributed by atoms with Crippen molar-refractivity contribution in [2.24, 2.45) is 0 Å². The standard InChI is InChI=1S/C18H26N2O2/c1-18(2,3)22-17(21)20-11-9-13-6-4-7-14(16(13)20)12-15-8-5-10-19-15/h4,6-7,15,19H,5,8-12H2,1-3H3. The predicted molar refractivity (Wildman–Crippen MR) is 88.5 cm³/mol. The van der Waals surface area contributed by atoms with Gasteiger partial charge in [0.15, 0.2) is 0 Å². The van der Waals surface area contributed by atoms with Gasteiger partial charge in [0.2, 0.25) is 0 Å². The molecule has 22 heavy (non-hydrogen) atoms. The summed E-state index contributed by atoms with van der Waals surface area (Å²) >= 11 is 0. The molecule has 0 radical (unpaired) electrons. The van der Waals surface area contributed by atoms with Crippen LogP contribution in [-0.4, -0.2) is 30.8 Å². The lowest BCUT2D eigenvalue weighted by molar-refractivity contribution is 0.0583. The fraction of sp³-hybridized carbons (Fsp3) is 0.611. The molecule has 1 amide bonds. The number of ether oxygens (including phenoxy) is 1. The highest BCUT2D eigenvalue weighted by atomic mass is 16.6. The molecule has 1 aromatic carbocycles. The van der Waals surface area contributed by atoms with Gasteiger partial charge in [0, 0.05) is 12.6 Å². The van der Waals surface area contributed by atoms with Gasteiger partial charge in [-0.3, -0.25) is 4.90 Å². The predicted octanol–water partition coefficient (Wildman–Crippen LogP) is 3.28. The first-order chi connectivity index (χ1) is 10.4. The first-order valence-electron chi connectivity index (χ1n) is 8.29. The largest absolute Gasteiger partial charge is 0.443 e. The van der Waals surface area contributed by atoms with Crippen molar-refractivity contribution >= 4 is 11.8 Å². The van der Waals surface area contributed by atoms with Crippen LogP contribution in [-0.2, 0) is 17.6 Å². The number of amides is 1. The Morgan fingerprint density at radius 2 is 2.23 bits per heavy atom. The minimum atomic E-state index is -0.457. The van der Waals surface area contributed by atoms with Crippen molar-refractivity contribution in [3.8, 4) is 0 Å². The Morgan fingerprint density at radius 3 is 2.91 bits per heavy atom. The smallest absolute Gasteiger partial charge is 0.414 e. The fourth-order valence-corrected chi connectivity index (χ4v) is 3.40. The van der Waals surface area contributed by atoms with Crippen molar-refractivity contribution in [1.82, 2.24) is 5.32 Å². The molecule has 0 aliphatic carbocycles. The lowest BCUT2D eigenvalue weighted by Crippen LogP contribution is -2.36. The van der Waals surface area contributed by atoms with Gasteiger partial charge < -0.3 is 10.1 Å². The number of carbonyl (C=O) groups excluding carboxylic acids is 1. The molecular formula is C18H26N2O2. The quantitative estimate of drug-likeness (QED) is 0.911. The molecule has 1 aromatic rings. The third-order valence-electron chi connectivity index (χ3n) is 4.32. The van der Waals surface area contributed by atoms with Gasteiger partial charge in [-0.2, -0.15) is 0 Å². The highest BCUT2D eigenvalue weighted by molar-refractivity contribution is 5.91. The van der Waals surface area contributed by atoms with Crippen LogP contribution >= 0.6 is 0 Å². The Morgan fingerprint density at radius 1 is 1.41 bits per heavy atom. The van der Waals surface area contributed by atoms with Crippen molar-refractivity contribution in [1.29, 1.82) is 0 Å². The molecule has 1 atom stereocenters. The van der Waals surface area contributed by atoms with Gasteiger partial charge >= 0.3 is 6.09 Å². The minimum absolute atomic E-state index is 0.224. The fourth-order valence-electron chi connectivity index (χ4n) is 3.40. The molecule has 0 saturated carbocycles. The molecule has 2 aliphatic rings. The molecule has 2 aliphatic heterocycles. The second kappa shape index (κ2) is 5.92. The molecule has 120 valence electrons. The Bertz CT molecular complexity index is 557. The molecule has 1 fully saturated rings. The van der Waals surface area contributed by atoms with Gasteiger partial charge in [-0.05, 0) is 64.1 Å². The Balaban J connectivity index is 1.83. The first-order valence-corrected chi connectivity index (χ1v) is 8.29. The van der Waals surface area contributed by atoms with Gasteiger partial charge in [-0.15, -0.1) is 0 Å². The summed E-state index contributed by atoms with van der Waals surface area (Å²) in [5, 5.41) is 3.54. The van der Waals surface area contributed by atoms with Crippen LogP contribution in [0.15, 0.2) is 18.2 Å². The van der Waals surface area contributed by atoms with E-state index >= 15 is 0 Å². The van der Waals surface area contributed by atoms with Gasteiger partial charge in [0.1, 0.15) is 5.60 Å². The average molecular weight is 302 g/mol. The first kappa shape index (κ1) is 15.3. The molecule has 4 nitrogen and oxygen atoms in total. The number of hydrogen-bond donors (Lipinski definition) is 1.